The molecule has 2 atom stereocenters. The van der Waals surface area contributed by atoms with Crippen LogP contribution in [-0.2, 0) is 14.3 Å². The maximum Gasteiger partial charge on any atom is 0.404 e. The van der Waals surface area contributed by atoms with Crippen molar-refractivity contribution in [2.24, 2.45) is 11.7 Å². The molecule has 0 rings (SSSR count). The number of nitrogens with two attached hydrogens (primary N) is 1. The van der Waals surface area contributed by atoms with Crippen LogP contribution >= 0.6 is 0 Å². The third-order valence-corrected chi connectivity index (χ3v) is 1.79. The molecule has 0 aromatic heterocycles. The lowest BCUT2D eigenvalue weighted by molar-refractivity contribution is -0.119. The molecule has 0 saturated heterocycles. The number of hydrogen-bond acceptors (Lipinski definition) is 4. The van der Waals surface area contributed by atoms with Gasteiger partial charge in [-0.25, -0.2) is 4.79 Å². The molecule has 0 aliphatic carbocycles. The zero-order valence-corrected chi connectivity index (χ0v) is 9.65. The highest BCUT2D eigenvalue weighted by molar-refractivity contribution is 5.65. The van der Waals surface area contributed by atoms with Crippen LogP contribution in [0.5, 0.6) is 0 Å². The van der Waals surface area contributed by atoms with Gasteiger partial charge in [0.2, 0.25) is 0 Å². The molecule has 88 valence electrons. The van der Waals surface area contributed by atoms with Crippen LogP contribution in [0.3, 0.4) is 0 Å². The van der Waals surface area contributed by atoms with Gasteiger partial charge in [0, 0.05) is 0 Å². The lowest BCUT2D eigenvalue weighted by atomic mass is 10.1. The molecule has 1 amide bonds. The first-order chi connectivity index (χ1) is 6.76. The average molecular weight is 217 g/mol. The Hall–Kier alpha value is -1.10. The number of carbonyl (C=O) groups is 2. The van der Waals surface area contributed by atoms with Gasteiger partial charge in [-0.2, -0.15) is 0 Å². The van der Waals surface area contributed by atoms with Crippen LogP contribution < -0.4 is 5.73 Å². The van der Waals surface area contributed by atoms with Gasteiger partial charge in [0.15, 0.2) is 0 Å². The van der Waals surface area contributed by atoms with E-state index in [2.05, 4.69) is 0 Å². The predicted molar refractivity (Wildman–Crippen MR) is 55.4 cm³/mol. The van der Waals surface area contributed by atoms with E-state index >= 15 is 0 Å². The van der Waals surface area contributed by atoms with Gasteiger partial charge in [0.25, 0.3) is 0 Å². The highest BCUT2D eigenvalue weighted by Gasteiger charge is 2.22. The van der Waals surface area contributed by atoms with Crippen molar-refractivity contribution in [3.8, 4) is 0 Å². The van der Waals surface area contributed by atoms with Crippen LogP contribution in [0.25, 0.3) is 0 Å². The van der Waals surface area contributed by atoms with E-state index in [0.29, 0.717) is 6.29 Å². The van der Waals surface area contributed by atoms with Crippen molar-refractivity contribution in [3.63, 3.8) is 0 Å². The molecule has 0 aromatic rings. The summed E-state index contributed by atoms with van der Waals surface area (Å²) < 4.78 is 10.1. The van der Waals surface area contributed by atoms with E-state index in [9.17, 15) is 9.59 Å². The zero-order valence-electron chi connectivity index (χ0n) is 9.65. The Bertz CT molecular complexity index is 222. The molecule has 0 radical (unpaired) electrons. The normalized spacial score (nSPS) is 15.5. The lowest BCUT2D eigenvalue weighted by Gasteiger charge is -2.24. The maximum atomic E-state index is 10.7. The van der Waals surface area contributed by atoms with Gasteiger partial charge in [-0.05, 0) is 27.7 Å². The molecular weight excluding hydrogens is 198 g/mol. The van der Waals surface area contributed by atoms with Crippen LogP contribution in [0.4, 0.5) is 4.79 Å². The van der Waals surface area contributed by atoms with Crippen molar-refractivity contribution in [1.82, 2.24) is 0 Å². The Morgan fingerprint density at radius 2 is 2.00 bits per heavy atom. The Balaban J connectivity index is 4.12. The molecule has 2 unspecified atom stereocenters. The molecular formula is C10H19NO4. The predicted octanol–water partition coefficient (Wildman–Crippen LogP) is 1.10. The number of hydrogen-bond donors (Lipinski definition) is 1. The number of aldehydes is 1. The van der Waals surface area contributed by atoms with Crippen LogP contribution in [0, 0.1) is 5.92 Å². The summed E-state index contributed by atoms with van der Waals surface area (Å²) in [4.78, 5) is 21.2. The summed E-state index contributed by atoms with van der Waals surface area (Å²) in [5, 5.41) is 0. The van der Waals surface area contributed by atoms with E-state index < -0.39 is 18.1 Å². The number of primary amides is 1. The Kier molecular flexibility index (Phi) is 5.28. The first-order valence-electron chi connectivity index (χ1n) is 4.81. The van der Waals surface area contributed by atoms with Crippen molar-refractivity contribution in [2.45, 2.75) is 39.4 Å². The fraction of sp³-hybridized carbons (Fsp3) is 0.800. The summed E-state index contributed by atoms with van der Waals surface area (Å²) in [7, 11) is 0. The molecule has 0 heterocycles. The summed E-state index contributed by atoms with van der Waals surface area (Å²) in [5.41, 5.74) is 4.52. The first kappa shape index (κ1) is 13.9. The molecule has 0 spiro atoms. The van der Waals surface area contributed by atoms with Crippen LogP contribution in [0.15, 0.2) is 0 Å². The molecule has 5 nitrogen and oxygen atoms in total. The van der Waals surface area contributed by atoms with Gasteiger partial charge < -0.3 is 20.0 Å². The smallest absolute Gasteiger partial charge is 0.404 e. The van der Waals surface area contributed by atoms with E-state index in [0.717, 1.165) is 0 Å². The number of rotatable bonds is 5. The van der Waals surface area contributed by atoms with E-state index in [1.165, 1.54) is 0 Å². The Morgan fingerprint density at radius 1 is 1.47 bits per heavy atom. The highest BCUT2D eigenvalue weighted by Crippen LogP contribution is 2.12. The monoisotopic (exact) mass is 217 g/mol. The second-order valence-corrected chi connectivity index (χ2v) is 4.37. The average Bonchev–Trinajstić information content (AvgIpc) is 2.01. The summed E-state index contributed by atoms with van der Waals surface area (Å²) in [6.45, 7) is 7.47. The minimum atomic E-state index is -0.884. The molecule has 0 saturated carbocycles. The number of amides is 1. The minimum absolute atomic E-state index is 0.210. The van der Waals surface area contributed by atoms with Crippen LogP contribution in [-0.4, -0.2) is 30.7 Å². The highest BCUT2D eigenvalue weighted by atomic mass is 16.6. The Morgan fingerprint density at radius 3 is 2.33 bits per heavy atom. The van der Waals surface area contributed by atoms with E-state index in [1.54, 1.807) is 6.92 Å². The van der Waals surface area contributed by atoms with Gasteiger partial charge in [0.1, 0.15) is 12.4 Å². The lowest BCUT2D eigenvalue weighted by Crippen LogP contribution is -2.33. The molecule has 0 aliphatic heterocycles. The Labute approximate surface area is 89.9 Å². The van der Waals surface area contributed by atoms with Gasteiger partial charge in [-0.15, -0.1) is 0 Å². The van der Waals surface area contributed by atoms with Crippen LogP contribution in [0.2, 0.25) is 0 Å². The third-order valence-electron chi connectivity index (χ3n) is 1.79. The van der Waals surface area contributed by atoms with Gasteiger partial charge in [-0.1, -0.05) is 0 Å². The molecule has 15 heavy (non-hydrogen) atoms. The van der Waals surface area contributed by atoms with Crippen molar-refractivity contribution >= 4 is 12.4 Å². The van der Waals surface area contributed by atoms with E-state index in [4.69, 9.17) is 15.2 Å². The molecule has 0 bridgehead atoms. The second kappa shape index (κ2) is 5.70. The number of carbonyl (C=O) groups excluding carboxylic acids is 2. The number of ether oxygens (including phenoxy) is 2. The van der Waals surface area contributed by atoms with Gasteiger partial charge in [0.05, 0.1) is 18.1 Å². The zero-order chi connectivity index (χ0) is 12.1. The second-order valence-electron chi connectivity index (χ2n) is 4.37. The third kappa shape index (κ3) is 6.90. The van der Waals surface area contributed by atoms with E-state index in [-0.39, 0.29) is 12.2 Å². The van der Waals surface area contributed by atoms with Crippen molar-refractivity contribution in [3.05, 3.63) is 0 Å². The molecule has 0 aromatic carbocycles. The molecule has 0 fully saturated rings. The SMILES string of the molecule is CC(OC(N)=O)C(C=O)COC(C)(C)C. The van der Waals surface area contributed by atoms with Gasteiger partial charge in [-0.3, -0.25) is 0 Å². The van der Waals surface area contributed by atoms with E-state index in [1.807, 2.05) is 20.8 Å². The summed E-state index contributed by atoms with van der Waals surface area (Å²) in [5.74, 6) is -0.489. The van der Waals surface area contributed by atoms with Crippen molar-refractivity contribution in [1.29, 1.82) is 0 Å². The molecule has 2 N–H and O–H groups in total. The summed E-state index contributed by atoms with van der Waals surface area (Å²) in [6, 6.07) is 0. The topological polar surface area (TPSA) is 78.6 Å². The molecule has 0 aliphatic rings. The quantitative estimate of drug-likeness (QED) is 0.699. The standard InChI is InChI=1S/C10H19NO4/c1-7(15-9(11)13)8(5-12)6-14-10(2,3)4/h5,7-8H,6H2,1-4H3,(H2,11,13). The fourth-order valence-corrected chi connectivity index (χ4v) is 0.902. The van der Waals surface area contributed by atoms with Gasteiger partial charge >= 0.3 is 6.09 Å². The maximum absolute atomic E-state index is 10.7. The minimum Gasteiger partial charge on any atom is -0.446 e. The van der Waals surface area contributed by atoms with Crippen LogP contribution in [0.1, 0.15) is 27.7 Å². The summed E-state index contributed by atoms with van der Waals surface area (Å²) >= 11 is 0. The largest absolute Gasteiger partial charge is 0.446 e. The fourth-order valence-electron chi connectivity index (χ4n) is 0.902. The summed E-state index contributed by atoms with van der Waals surface area (Å²) in [6.07, 6.45) is -0.744. The first-order valence-corrected chi connectivity index (χ1v) is 4.81. The van der Waals surface area contributed by atoms with Crippen molar-refractivity contribution in [2.75, 3.05) is 6.61 Å². The van der Waals surface area contributed by atoms with Crippen molar-refractivity contribution < 1.29 is 19.1 Å². The molecule has 5 heteroatoms.